The van der Waals surface area contributed by atoms with Crippen molar-refractivity contribution < 1.29 is 11.6 Å². The topological polar surface area (TPSA) is 42.0 Å². The molecule has 0 aliphatic carbocycles. The molecule has 1 aromatic heterocycles. The predicted octanol–water partition coefficient (Wildman–Crippen LogP) is 3.49. The van der Waals surface area contributed by atoms with Gasteiger partial charge in [-0.05, 0) is 24.2 Å². The molecule has 0 spiro atoms. The normalized spacial score (nSPS) is 14.0. The second kappa shape index (κ2) is 4.90. The van der Waals surface area contributed by atoms with Gasteiger partial charge in [-0.1, -0.05) is 36.3 Å². The van der Waals surface area contributed by atoms with E-state index in [1.54, 1.807) is 24.4 Å². The van der Waals surface area contributed by atoms with Gasteiger partial charge in [-0.15, -0.1) is 0 Å². The molecule has 1 amide bonds. The lowest BCUT2D eigenvalue weighted by molar-refractivity contribution is 0.102. The molecule has 0 bridgehead atoms. The first-order chi connectivity index (χ1) is 11.4. The Kier molecular flexibility index (Phi) is 1.82. The number of amides is 1. The van der Waals surface area contributed by atoms with Gasteiger partial charge in [0.1, 0.15) is 0 Å². The third-order valence-electron chi connectivity index (χ3n) is 2.61. The van der Waals surface area contributed by atoms with Crippen LogP contribution < -0.4 is 5.32 Å². The highest BCUT2D eigenvalue weighted by molar-refractivity contribution is 6.08. The number of carbonyl (C=O) groups excluding carboxylic acids is 1. The molecule has 0 saturated heterocycles. The Bertz CT molecular complexity index is 940. The van der Waals surface area contributed by atoms with Crippen LogP contribution in [0.2, 0.25) is 0 Å². The third-order valence-corrected chi connectivity index (χ3v) is 2.61. The highest BCUT2D eigenvalue weighted by atomic mass is 16.1. The van der Waals surface area contributed by atoms with Crippen LogP contribution in [-0.2, 0) is 0 Å². The third kappa shape index (κ3) is 2.31. The summed E-state index contributed by atoms with van der Waals surface area (Å²) in [6.45, 7) is 0. The van der Waals surface area contributed by atoms with Crippen LogP contribution in [0, 0.1) is 0 Å². The maximum atomic E-state index is 12.5. The van der Waals surface area contributed by atoms with Crippen LogP contribution in [-0.4, -0.2) is 10.9 Å². The SMILES string of the molecule is [2H]c1c([2H])c([2H])c(C(=O)Nc2cccc3cccnc23)c([2H])c1[2H]. The van der Waals surface area contributed by atoms with E-state index in [9.17, 15) is 4.79 Å². The number of benzene rings is 2. The summed E-state index contributed by atoms with van der Waals surface area (Å²) in [6, 6.07) is 6.12. The van der Waals surface area contributed by atoms with Crippen molar-refractivity contribution in [2.24, 2.45) is 0 Å². The van der Waals surface area contributed by atoms with Crippen LogP contribution in [0.4, 0.5) is 5.69 Å². The lowest BCUT2D eigenvalue weighted by atomic mass is 10.1. The fourth-order valence-corrected chi connectivity index (χ4v) is 1.75. The molecule has 19 heavy (non-hydrogen) atoms. The van der Waals surface area contributed by atoms with E-state index in [0.717, 1.165) is 5.39 Å². The lowest BCUT2D eigenvalue weighted by Crippen LogP contribution is -2.12. The molecule has 0 radical (unpaired) electrons. The van der Waals surface area contributed by atoms with Crippen LogP contribution in [0.3, 0.4) is 0 Å². The summed E-state index contributed by atoms with van der Waals surface area (Å²) in [5, 5.41) is 3.40. The molecule has 1 heterocycles. The van der Waals surface area contributed by atoms with Gasteiger partial charge in [-0.25, -0.2) is 0 Å². The largest absolute Gasteiger partial charge is 0.320 e. The van der Waals surface area contributed by atoms with Crippen LogP contribution in [0.15, 0.2) is 66.7 Å². The zero-order valence-corrected chi connectivity index (χ0v) is 9.82. The summed E-state index contributed by atoms with van der Waals surface area (Å²) in [7, 11) is 0. The number of aromatic nitrogens is 1. The Labute approximate surface area is 117 Å². The van der Waals surface area contributed by atoms with Gasteiger partial charge >= 0.3 is 0 Å². The molecule has 2 aromatic carbocycles. The average Bonchev–Trinajstić information content (AvgIpc) is 2.59. The molecular formula is C16H12N2O. The zero-order chi connectivity index (χ0) is 17.4. The quantitative estimate of drug-likeness (QED) is 0.759. The summed E-state index contributed by atoms with van der Waals surface area (Å²) in [5.41, 5.74) is 0.569. The van der Waals surface area contributed by atoms with Crippen LogP contribution in [0.1, 0.15) is 17.2 Å². The number of nitrogens with one attached hydrogen (secondary N) is 1. The number of hydrogen-bond acceptors (Lipinski definition) is 2. The van der Waals surface area contributed by atoms with Crippen molar-refractivity contribution in [2.75, 3.05) is 5.32 Å². The smallest absolute Gasteiger partial charge is 0.255 e. The molecule has 0 aliphatic rings. The van der Waals surface area contributed by atoms with Crippen molar-refractivity contribution in [3.63, 3.8) is 0 Å². The molecule has 92 valence electrons. The molecule has 3 heteroatoms. The number of pyridine rings is 1. The molecule has 0 fully saturated rings. The van der Waals surface area contributed by atoms with Crippen molar-refractivity contribution in [1.82, 2.24) is 4.98 Å². The van der Waals surface area contributed by atoms with Crippen LogP contribution >= 0.6 is 0 Å². The van der Waals surface area contributed by atoms with E-state index >= 15 is 0 Å². The highest BCUT2D eigenvalue weighted by Gasteiger charge is 2.07. The van der Waals surface area contributed by atoms with Gasteiger partial charge in [0.05, 0.1) is 18.1 Å². The van der Waals surface area contributed by atoms with Gasteiger partial charge in [-0.2, -0.15) is 0 Å². The summed E-state index contributed by atoms with van der Waals surface area (Å²) < 4.78 is 38.5. The van der Waals surface area contributed by atoms with Gasteiger partial charge in [0.25, 0.3) is 5.91 Å². The minimum Gasteiger partial charge on any atom is -0.320 e. The number of nitrogens with zero attached hydrogens (tertiary/aromatic N) is 1. The van der Waals surface area contributed by atoms with Gasteiger partial charge in [-0.3, -0.25) is 9.78 Å². The molecule has 3 rings (SSSR count). The monoisotopic (exact) mass is 253 g/mol. The van der Waals surface area contributed by atoms with E-state index in [4.69, 9.17) is 6.85 Å². The maximum Gasteiger partial charge on any atom is 0.255 e. The first-order valence-electron chi connectivity index (χ1n) is 8.14. The second-order valence-electron chi connectivity index (χ2n) is 3.83. The fraction of sp³-hybridized carbons (Fsp3) is 0. The molecule has 0 atom stereocenters. The van der Waals surface area contributed by atoms with Gasteiger partial charge < -0.3 is 5.32 Å². The van der Waals surface area contributed by atoms with Crippen molar-refractivity contribution >= 4 is 22.5 Å². The summed E-state index contributed by atoms with van der Waals surface area (Å²) in [6.07, 6.45) is 1.59. The Morgan fingerprint density at radius 1 is 1.11 bits per heavy atom. The number of para-hydroxylation sites is 1. The number of rotatable bonds is 2. The van der Waals surface area contributed by atoms with E-state index in [0.29, 0.717) is 11.2 Å². The second-order valence-corrected chi connectivity index (χ2v) is 3.83. The van der Waals surface area contributed by atoms with Gasteiger partial charge in [0.2, 0.25) is 0 Å². The molecule has 1 N–H and O–H groups in total. The first-order valence-corrected chi connectivity index (χ1v) is 5.64. The van der Waals surface area contributed by atoms with Gasteiger partial charge in [0, 0.05) is 17.1 Å². The maximum absolute atomic E-state index is 12.5. The standard InChI is InChI=1S/C16H12N2O/c19-16(13-6-2-1-3-7-13)18-14-10-4-8-12-9-5-11-17-15(12)14/h1-11H,(H,18,19)/i1D,2D,3D,6D,7D. The Hall–Kier alpha value is -2.68. The van der Waals surface area contributed by atoms with E-state index < -0.39 is 41.7 Å². The van der Waals surface area contributed by atoms with Crippen LogP contribution in [0.5, 0.6) is 0 Å². The number of carbonyl (C=O) groups is 1. The fourth-order valence-electron chi connectivity index (χ4n) is 1.75. The molecule has 0 unspecified atom stereocenters. The summed E-state index contributed by atoms with van der Waals surface area (Å²) in [4.78, 5) is 16.7. The highest BCUT2D eigenvalue weighted by Crippen LogP contribution is 2.21. The molecule has 0 saturated carbocycles. The number of hydrogen-bond donors (Lipinski definition) is 1. The first kappa shape index (κ1) is 7.04. The lowest BCUT2D eigenvalue weighted by Gasteiger charge is -2.07. The number of fused-ring (bicyclic) bond motifs is 1. The van der Waals surface area contributed by atoms with Crippen molar-refractivity contribution in [1.29, 1.82) is 0 Å². The molecule has 0 aliphatic heterocycles. The molecular weight excluding hydrogens is 236 g/mol. The minimum atomic E-state index is -0.773. The van der Waals surface area contributed by atoms with Crippen molar-refractivity contribution in [3.8, 4) is 0 Å². The van der Waals surface area contributed by atoms with E-state index in [1.807, 2.05) is 12.1 Å². The summed E-state index contributed by atoms with van der Waals surface area (Å²) >= 11 is 0. The molecule has 3 aromatic rings. The Balaban J connectivity index is 2.08. The average molecular weight is 253 g/mol. The predicted molar refractivity (Wildman–Crippen MR) is 76.1 cm³/mol. The van der Waals surface area contributed by atoms with Crippen molar-refractivity contribution in [3.05, 3.63) is 72.3 Å². The number of anilines is 1. The Morgan fingerprint density at radius 3 is 2.74 bits per heavy atom. The molecule has 3 nitrogen and oxygen atoms in total. The van der Waals surface area contributed by atoms with E-state index in [1.165, 1.54) is 0 Å². The van der Waals surface area contributed by atoms with Crippen LogP contribution in [0.25, 0.3) is 10.9 Å². The minimum absolute atomic E-state index is 0.395. The zero-order valence-electron chi connectivity index (χ0n) is 14.8. The summed E-state index contributed by atoms with van der Waals surface area (Å²) in [5.74, 6) is -0.773. The Morgan fingerprint density at radius 2 is 1.89 bits per heavy atom. The van der Waals surface area contributed by atoms with Crippen molar-refractivity contribution in [2.45, 2.75) is 0 Å². The van der Waals surface area contributed by atoms with E-state index in [-0.39, 0.29) is 0 Å². The van der Waals surface area contributed by atoms with Gasteiger partial charge in [0.15, 0.2) is 0 Å². The van der Waals surface area contributed by atoms with E-state index in [2.05, 4.69) is 10.3 Å².